The molecule has 1 heterocycles. The fraction of sp³-hybridized carbons (Fsp3) is 0.538. The van der Waals surface area contributed by atoms with E-state index in [-0.39, 0.29) is 15.6 Å². The summed E-state index contributed by atoms with van der Waals surface area (Å²) in [7, 11) is 0. The maximum absolute atomic E-state index is 11.1. The Bertz CT molecular complexity index is 462. The van der Waals surface area contributed by atoms with Crippen molar-refractivity contribution in [3.05, 3.63) is 33.3 Å². The van der Waals surface area contributed by atoms with Crippen LogP contribution in [0.15, 0.2) is 18.2 Å². The average molecular weight is 269 g/mol. The lowest BCUT2D eigenvalue weighted by atomic mass is 9.95. The minimum atomic E-state index is -0.389. The van der Waals surface area contributed by atoms with E-state index in [1.807, 2.05) is 0 Å². The van der Waals surface area contributed by atoms with Crippen LogP contribution in [0.25, 0.3) is 0 Å². The van der Waals surface area contributed by atoms with Crippen molar-refractivity contribution in [2.45, 2.75) is 20.3 Å². The molecule has 1 aromatic carbocycles. The van der Waals surface area contributed by atoms with Crippen LogP contribution in [-0.4, -0.2) is 18.0 Å². The number of anilines is 1. The van der Waals surface area contributed by atoms with Gasteiger partial charge in [0, 0.05) is 13.1 Å². The van der Waals surface area contributed by atoms with Crippen LogP contribution in [0, 0.1) is 22.0 Å². The van der Waals surface area contributed by atoms with Gasteiger partial charge in [0.05, 0.1) is 4.92 Å². The van der Waals surface area contributed by atoms with Gasteiger partial charge in [0.15, 0.2) is 0 Å². The number of para-hydroxylation sites is 1. The summed E-state index contributed by atoms with van der Waals surface area (Å²) in [6.07, 6.45) is 1.08. The van der Waals surface area contributed by atoms with Gasteiger partial charge in [-0.1, -0.05) is 31.5 Å². The zero-order valence-corrected chi connectivity index (χ0v) is 11.4. The van der Waals surface area contributed by atoms with Crippen LogP contribution in [-0.2, 0) is 0 Å². The largest absolute Gasteiger partial charge is 0.366 e. The number of nitro groups is 1. The Morgan fingerprint density at radius 2 is 2.22 bits per heavy atom. The lowest BCUT2D eigenvalue weighted by Gasteiger charge is -2.20. The minimum Gasteiger partial charge on any atom is -0.366 e. The van der Waals surface area contributed by atoms with Gasteiger partial charge in [0.1, 0.15) is 10.7 Å². The number of nitrogens with zero attached hydrogens (tertiary/aromatic N) is 2. The molecule has 18 heavy (non-hydrogen) atoms. The number of nitro benzene ring substituents is 1. The summed E-state index contributed by atoms with van der Waals surface area (Å²) in [5, 5.41) is 11.3. The van der Waals surface area contributed by atoms with E-state index >= 15 is 0 Å². The minimum absolute atomic E-state index is 0.0311. The summed E-state index contributed by atoms with van der Waals surface area (Å²) >= 11 is 5.93. The van der Waals surface area contributed by atoms with Gasteiger partial charge in [-0.05, 0) is 30.4 Å². The molecule has 1 fully saturated rings. The van der Waals surface area contributed by atoms with E-state index in [9.17, 15) is 10.1 Å². The highest BCUT2D eigenvalue weighted by Crippen LogP contribution is 2.38. The van der Waals surface area contributed by atoms with Crippen LogP contribution in [0.5, 0.6) is 0 Å². The van der Waals surface area contributed by atoms with Gasteiger partial charge >= 0.3 is 5.69 Å². The van der Waals surface area contributed by atoms with Crippen LogP contribution in [0.4, 0.5) is 11.4 Å². The smallest absolute Gasteiger partial charge is 0.310 e. The molecule has 4 nitrogen and oxygen atoms in total. The summed E-state index contributed by atoms with van der Waals surface area (Å²) in [6, 6.07) is 5.12. The fourth-order valence-corrected chi connectivity index (χ4v) is 2.73. The Hall–Kier alpha value is -1.29. The number of hydrogen-bond donors (Lipinski definition) is 0. The van der Waals surface area contributed by atoms with Crippen molar-refractivity contribution >= 4 is 23.0 Å². The van der Waals surface area contributed by atoms with Crippen molar-refractivity contribution in [2.24, 2.45) is 11.8 Å². The number of hydrogen-bond acceptors (Lipinski definition) is 3. The van der Waals surface area contributed by atoms with Crippen molar-refractivity contribution in [3.63, 3.8) is 0 Å². The van der Waals surface area contributed by atoms with Gasteiger partial charge in [0.25, 0.3) is 0 Å². The molecule has 0 aromatic heterocycles. The molecule has 1 unspecified atom stereocenters. The first kappa shape index (κ1) is 13.1. The Morgan fingerprint density at radius 1 is 1.50 bits per heavy atom. The highest BCUT2D eigenvalue weighted by atomic mass is 35.5. The molecular formula is C13H17ClN2O2. The van der Waals surface area contributed by atoms with Crippen molar-refractivity contribution in [1.29, 1.82) is 0 Å². The Labute approximate surface area is 112 Å². The molecule has 1 aliphatic rings. The number of benzene rings is 1. The molecule has 2 rings (SSSR count). The second-order valence-electron chi connectivity index (χ2n) is 5.10. The van der Waals surface area contributed by atoms with Crippen molar-refractivity contribution in [3.8, 4) is 0 Å². The normalized spacial score (nSPS) is 19.6. The van der Waals surface area contributed by atoms with Crippen LogP contribution in [0.1, 0.15) is 20.3 Å². The van der Waals surface area contributed by atoms with E-state index < -0.39 is 0 Å². The maximum atomic E-state index is 11.1. The molecule has 0 spiro atoms. The average Bonchev–Trinajstić information content (AvgIpc) is 2.77. The van der Waals surface area contributed by atoms with Crippen LogP contribution in [0.2, 0.25) is 5.02 Å². The molecule has 0 N–H and O–H groups in total. The number of rotatable bonds is 3. The fourth-order valence-electron chi connectivity index (χ4n) is 2.49. The maximum Gasteiger partial charge on any atom is 0.310 e. The SMILES string of the molecule is CC(C)C1CCN(c2cccc(Cl)c2[N+](=O)[O-])C1. The zero-order valence-electron chi connectivity index (χ0n) is 10.6. The molecular weight excluding hydrogens is 252 g/mol. The third-order valence-corrected chi connectivity index (χ3v) is 3.96. The van der Waals surface area contributed by atoms with Crippen LogP contribution < -0.4 is 4.90 Å². The van der Waals surface area contributed by atoms with Gasteiger partial charge in [-0.15, -0.1) is 0 Å². The molecule has 1 saturated heterocycles. The molecule has 98 valence electrons. The standard InChI is InChI=1S/C13H17ClN2O2/c1-9(2)10-6-7-15(8-10)12-5-3-4-11(14)13(12)16(17)18/h3-5,9-10H,6-8H2,1-2H3. The van der Waals surface area contributed by atoms with Crippen LogP contribution >= 0.6 is 11.6 Å². The first-order valence-electron chi connectivity index (χ1n) is 6.18. The second kappa shape index (κ2) is 5.14. The Morgan fingerprint density at radius 3 is 2.78 bits per heavy atom. The Balaban J connectivity index is 2.30. The summed E-state index contributed by atoms with van der Waals surface area (Å²) in [4.78, 5) is 12.8. The highest BCUT2D eigenvalue weighted by Gasteiger charge is 2.30. The lowest BCUT2D eigenvalue weighted by Crippen LogP contribution is -2.22. The van der Waals surface area contributed by atoms with Gasteiger partial charge < -0.3 is 4.90 Å². The monoisotopic (exact) mass is 268 g/mol. The van der Waals surface area contributed by atoms with E-state index in [0.29, 0.717) is 17.5 Å². The second-order valence-corrected chi connectivity index (χ2v) is 5.51. The summed E-state index contributed by atoms with van der Waals surface area (Å²) in [5.41, 5.74) is 0.680. The molecule has 0 radical (unpaired) electrons. The quantitative estimate of drug-likeness (QED) is 0.620. The van der Waals surface area contributed by atoms with Gasteiger partial charge in [-0.2, -0.15) is 0 Å². The van der Waals surface area contributed by atoms with Crippen molar-refractivity contribution < 1.29 is 4.92 Å². The third-order valence-electron chi connectivity index (χ3n) is 3.66. The van der Waals surface area contributed by atoms with E-state index in [2.05, 4.69) is 18.7 Å². The third kappa shape index (κ3) is 2.43. The summed E-state index contributed by atoms with van der Waals surface area (Å²) < 4.78 is 0. The molecule has 0 bridgehead atoms. The molecule has 0 saturated carbocycles. The summed E-state index contributed by atoms with van der Waals surface area (Å²) in [6.45, 7) is 6.13. The molecule has 0 aliphatic carbocycles. The first-order chi connectivity index (χ1) is 8.50. The van der Waals surface area contributed by atoms with Crippen molar-refractivity contribution in [1.82, 2.24) is 0 Å². The lowest BCUT2D eigenvalue weighted by molar-refractivity contribution is -0.384. The van der Waals surface area contributed by atoms with Crippen LogP contribution in [0.3, 0.4) is 0 Å². The molecule has 5 heteroatoms. The predicted molar refractivity (Wildman–Crippen MR) is 73.3 cm³/mol. The molecule has 1 aliphatic heterocycles. The molecule has 1 aromatic rings. The van der Waals surface area contributed by atoms with E-state index in [1.165, 1.54) is 0 Å². The van der Waals surface area contributed by atoms with Crippen molar-refractivity contribution in [2.75, 3.05) is 18.0 Å². The van der Waals surface area contributed by atoms with E-state index in [0.717, 1.165) is 19.5 Å². The van der Waals surface area contributed by atoms with Gasteiger partial charge in [0.2, 0.25) is 0 Å². The topological polar surface area (TPSA) is 46.4 Å². The van der Waals surface area contributed by atoms with E-state index in [4.69, 9.17) is 11.6 Å². The Kier molecular flexibility index (Phi) is 3.76. The predicted octanol–water partition coefficient (Wildman–Crippen LogP) is 3.73. The van der Waals surface area contributed by atoms with Gasteiger partial charge in [-0.3, -0.25) is 10.1 Å². The summed E-state index contributed by atoms with van der Waals surface area (Å²) in [5.74, 6) is 1.21. The number of halogens is 1. The van der Waals surface area contributed by atoms with E-state index in [1.54, 1.807) is 18.2 Å². The van der Waals surface area contributed by atoms with Gasteiger partial charge in [-0.25, -0.2) is 0 Å². The molecule has 1 atom stereocenters. The zero-order chi connectivity index (χ0) is 13.3. The highest BCUT2D eigenvalue weighted by molar-refractivity contribution is 6.33. The first-order valence-corrected chi connectivity index (χ1v) is 6.56. The molecule has 0 amide bonds.